The molecule has 5 heteroatoms. The molecule has 0 saturated carbocycles. The Hall–Kier alpha value is -0.850. The second-order valence-electron chi connectivity index (χ2n) is 3.17. The van der Waals surface area contributed by atoms with Crippen molar-refractivity contribution >= 4 is 29.9 Å². The van der Waals surface area contributed by atoms with Gasteiger partial charge in [-0.15, -0.1) is 24.0 Å². The van der Waals surface area contributed by atoms with Crippen LogP contribution in [-0.4, -0.2) is 28.9 Å². The molecule has 90 valence electrons. The van der Waals surface area contributed by atoms with Crippen molar-refractivity contribution in [1.82, 2.24) is 9.88 Å². The lowest BCUT2D eigenvalue weighted by Gasteiger charge is -2.19. The number of pyridine rings is 1. The summed E-state index contributed by atoms with van der Waals surface area (Å²) >= 11 is 0. The molecule has 2 N–H and O–H groups in total. The summed E-state index contributed by atoms with van der Waals surface area (Å²) in [5.41, 5.74) is 6.77. The number of halogens is 1. The largest absolute Gasteiger partial charge is 0.370 e. The number of nitrogens with zero attached hydrogens (tertiary/aromatic N) is 3. The van der Waals surface area contributed by atoms with Crippen LogP contribution in [0.4, 0.5) is 0 Å². The second kappa shape index (κ2) is 8.32. The molecular formula is C11H19IN4. The molecule has 0 spiro atoms. The zero-order chi connectivity index (χ0) is 11.1. The van der Waals surface area contributed by atoms with Gasteiger partial charge >= 0.3 is 0 Å². The Kier molecular flexibility index (Phi) is 7.88. The van der Waals surface area contributed by atoms with Gasteiger partial charge in [-0.3, -0.25) is 4.98 Å². The van der Waals surface area contributed by atoms with Crippen molar-refractivity contribution in [1.29, 1.82) is 0 Å². The fourth-order valence-electron chi connectivity index (χ4n) is 1.30. The molecule has 0 aliphatic heterocycles. The van der Waals surface area contributed by atoms with Gasteiger partial charge in [0.15, 0.2) is 5.96 Å². The van der Waals surface area contributed by atoms with Crippen LogP contribution in [0.15, 0.2) is 29.4 Å². The number of nitrogens with two attached hydrogens (primary N) is 1. The van der Waals surface area contributed by atoms with E-state index in [0.717, 1.165) is 18.8 Å². The van der Waals surface area contributed by atoms with E-state index in [9.17, 15) is 0 Å². The first-order chi connectivity index (χ1) is 7.27. The van der Waals surface area contributed by atoms with Crippen LogP contribution < -0.4 is 5.73 Å². The summed E-state index contributed by atoms with van der Waals surface area (Å²) in [5.74, 6) is 0.589. The molecule has 0 aliphatic carbocycles. The van der Waals surface area contributed by atoms with Crippen molar-refractivity contribution in [2.24, 2.45) is 10.7 Å². The van der Waals surface area contributed by atoms with E-state index in [0.29, 0.717) is 12.5 Å². The predicted octanol–water partition coefficient (Wildman–Crippen LogP) is 1.86. The Labute approximate surface area is 114 Å². The number of rotatable bonds is 4. The van der Waals surface area contributed by atoms with Gasteiger partial charge in [-0.2, -0.15) is 0 Å². The molecule has 4 nitrogen and oxygen atoms in total. The topological polar surface area (TPSA) is 54.5 Å². The summed E-state index contributed by atoms with van der Waals surface area (Å²) in [6.07, 6.45) is 1.76. The third kappa shape index (κ3) is 4.78. The number of guanidine groups is 1. The van der Waals surface area contributed by atoms with Crippen LogP contribution in [0.5, 0.6) is 0 Å². The molecule has 1 aromatic rings. The van der Waals surface area contributed by atoms with Crippen LogP contribution >= 0.6 is 24.0 Å². The quantitative estimate of drug-likeness (QED) is 0.519. The van der Waals surface area contributed by atoms with E-state index in [-0.39, 0.29) is 24.0 Å². The summed E-state index contributed by atoms with van der Waals surface area (Å²) < 4.78 is 0. The Balaban J connectivity index is 0.00000225. The van der Waals surface area contributed by atoms with E-state index in [1.165, 1.54) is 0 Å². The summed E-state index contributed by atoms with van der Waals surface area (Å²) in [4.78, 5) is 10.5. The minimum Gasteiger partial charge on any atom is -0.370 e. The van der Waals surface area contributed by atoms with Gasteiger partial charge in [0, 0.05) is 19.3 Å². The van der Waals surface area contributed by atoms with Crippen LogP contribution in [0.2, 0.25) is 0 Å². The van der Waals surface area contributed by atoms with Crippen LogP contribution in [0.1, 0.15) is 19.5 Å². The van der Waals surface area contributed by atoms with Gasteiger partial charge in [-0.1, -0.05) is 6.07 Å². The van der Waals surface area contributed by atoms with Gasteiger partial charge in [0.2, 0.25) is 0 Å². The van der Waals surface area contributed by atoms with Gasteiger partial charge in [-0.25, -0.2) is 4.99 Å². The van der Waals surface area contributed by atoms with Crippen LogP contribution in [0, 0.1) is 0 Å². The molecule has 0 aromatic carbocycles. The fraction of sp³-hybridized carbons (Fsp3) is 0.455. The molecule has 0 amide bonds. The highest BCUT2D eigenvalue weighted by Gasteiger charge is 2.01. The summed E-state index contributed by atoms with van der Waals surface area (Å²) in [6.45, 7) is 6.44. The van der Waals surface area contributed by atoms with Gasteiger partial charge in [-0.05, 0) is 26.0 Å². The molecule has 16 heavy (non-hydrogen) atoms. The molecule has 1 aromatic heterocycles. The number of hydrogen-bond acceptors (Lipinski definition) is 2. The molecule has 0 atom stereocenters. The third-order valence-electron chi connectivity index (χ3n) is 2.22. The van der Waals surface area contributed by atoms with Gasteiger partial charge in [0.25, 0.3) is 0 Å². The lowest BCUT2D eigenvalue weighted by atomic mass is 10.3. The van der Waals surface area contributed by atoms with E-state index in [2.05, 4.69) is 23.8 Å². The summed E-state index contributed by atoms with van der Waals surface area (Å²) in [7, 11) is 0. The van der Waals surface area contributed by atoms with E-state index in [1.54, 1.807) is 6.20 Å². The predicted molar refractivity (Wildman–Crippen MR) is 77.9 cm³/mol. The van der Waals surface area contributed by atoms with Crippen LogP contribution in [0.3, 0.4) is 0 Å². The average molecular weight is 334 g/mol. The first-order valence-electron chi connectivity index (χ1n) is 5.22. The fourth-order valence-corrected chi connectivity index (χ4v) is 1.30. The molecule has 1 heterocycles. The van der Waals surface area contributed by atoms with Crippen LogP contribution in [-0.2, 0) is 6.54 Å². The van der Waals surface area contributed by atoms with Crippen molar-refractivity contribution in [3.63, 3.8) is 0 Å². The van der Waals surface area contributed by atoms with E-state index >= 15 is 0 Å². The minimum absolute atomic E-state index is 0. The van der Waals surface area contributed by atoms with Crippen molar-refractivity contribution in [2.45, 2.75) is 20.4 Å². The third-order valence-corrected chi connectivity index (χ3v) is 2.22. The Morgan fingerprint density at radius 1 is 1.38 bits per heavy atom. The maximum Gasteiger partial charge on any atom is 0.191 e. The highest BCUT2D eigenvalue weighted by molar-refractivity contribution is 14.0. The zero-order valence-corrected chi connectivity index (χ0v) is 12.1. The van der Waals surface area contributed by atoms with Crippen molar-refractivity contribution in [2.75, 3.05) is 13.1 Å². The lowest BCUT2D eigenvalue weighted by Crippen LogP contribution is -2.37. The molecule has 0 bridgehead atoms. The van der Waals surface area contributed by atoms with E-state index in [1.807, 2.05) is 23.1 Å². The van der Waals surface area contributed by atoms with Crippen molar-refractivity contribution < 1.29 is 0 Å². The highest BCUT2D eigenvalue weighted by Crippen LogP contribution is 1.96. The average Bonchev–Trinajstić information content (AvgIpc) is 2.29. The molecule has 0 aliphatic rings. The number of aromatic nitrogens is 1. The Morgan fingerprint density at radius 3 is 2.56 bits per heavy atom. The maximum absolute atomic E-state index is 5.83. The van der Waals surface area contributed by atoms with Gasteiger partial charge in [0.05, 0.1) is 12.2 Å². The zero-order valence-electron chi connectivity index (χ0n) is 9.76. The van der Waals surface area contributed by atoms with Crippen molar-refractivity contribution in [3.05, 3.63) is 30.1 Å². The molecular weight excluding hydrogens is 315 g/mol. The lowest BCUT2D eigenvalue weighted by molar-refractivity contribution is 0.458. The second-order valence-corrected chi connectivity index (χ2v) is 3.17. The smallest absolute Gasteiger partial charge is 0.191 e. The van der Waals surface area contributed by atoms with E-state index < -0.39 is 0 Å². The van der Waals surface area contributed by atoms with Gasteiger partial charge in [0.1, 0.15) is 0 Å². The monoisotopic (exact) mass is 334 g/mol. The standard InChI is InChI=1S/C11H18N4.HI/c1-3-15(4-2)11(12)14-9-10-7-5-6-8-13-10;/h5-8H,3-4,9H2,1-2H3,(H2,12,14);1H. The highest BCUT2D eigenvalue weighted by atomic mass is 127. The maximum atomic E-state index is 5.83. The molecule has 1 rings (SSSR count). The molecule has 0 fully saturated rings. The first kappa shape index (κ1) is 15.2. The minimum atomic E-state index is 0. The Morgan fingerprint density at radius 2 is 2.06 bits per heavy atom. The summed E-state index contributed by atoms with van der Waals surface area (Å²) in [6, 6.07) is 5.78. The van der Waals surface area contributed by atoms with Crippen molar-refractivity contribution in [3.8, 4) is 0 Å². The summed E-state index contributed by atoms with van der Waals surface area (Å²) in [5, 5.41) is 0. The molecule has 0 saturated heterocycles. The Bertz CT molecular complexity index is 309. The van der Waals surface area contributed by atoms with Crippen LogP contribution in [0.25, 0.3) is 0 Å². The van der Waals surface area contributed by atoms with E-state index in [4.69, 9.17) is 5.73 Å². The molecule has 0 unspecified atom stereocenters. The number of aliphatic imine (C=N–C) groups is 1. The van der Waals surface area contributed by atoms with Gasteiger partial charge < -0.3 is 10.6 Å². The normalized spacial score (nSPS) is 10.8. The molecule has 0 radical (unpaired) electrons. The SMILES string of the molecule is CCN(CC)C(N)=NCc1ccccn1.I. The first-order valence-corrected chi connectivity index (χ1v) is 5.22. The number of hydrogen-bond donors (Lipinski definition) is 1.